The molecule has 2 aromatic rings. The summed E-state index contributed by atoms with van der Waals surface area (Å²) in [6.45, 7) is 14.7. The Kier molecular flexibility index (Phi) is 8.11. The monoisotopic (exact) mass is 410 g/mol. The smallest absolute Gasteiger partial charge is 0.317 e. The van der Waals surface area contributed by atoms with Crippen LogP contribution in [0.4, 0.5) is 0 Å². The molecule has 0 spiro atoms. The SMILES string of the molecule is CCCC(C)Oc1ccc(C(C)(C)c2ccc(OC(=O)C(C)(CC)CC)cc2)cc1. The zero-order chi connectivity index (χ0) is 22.4. The Morgan fingerprint density at radius 3 is 1.73 bits per heavy atom. The number of carbonyl (C=O) groups is 1. The fraction of sp³-hybridized carbons (Fsp3) is 0.519. The van der Waals surface area contributed by atoms with Crippen LogP contribution in [0.25, 0.3) is 0 Å². The maximum absolute atomic E-state index is 12.5. The van der Waals surface area contributed by atoms with E-state index in [-0.39, 0.29) is 17.5 Å². The van der Waals surface area contributed by atoms with Gasteiger partial charge < -0.3 is 9.47 Å². The highest BCUT2D eigenvalue weighted by Gasteiger charge is 2.31. The Hall–Kier alpha value is -2.29. The van der Waals surface area contributed by atoms with Crippen molar-refractivity contribution in [2.75, 3.05) is 0 Å². The van der Waals surface area contributed by atoms with E-state index in [0.717, 1.165) is 31.4 Å². The van der Waals surface area contributed by atoms with Gasteiger partial charge >= 0.3 is 5.97 Å². The van der Waals surface area contributed by atoms with Crippen molar-refractivity contribution in [1.29, 1.82) is 0 Å². The van der Waals surface area contributed by atoms with Crippen LogP contribution in [-0.2, 0) is 10.2 Å². The molecular weight excluding hydrogens is 372 g/mol. The van der Waals surface area contributed by atoms with E-state index >= 15 is 0 Å². The van der Waals surface area contributed by atoms with E-state index in [1.54, 1.807) is 0 Å². The summed E-state index contributed by atoms with van der Waals surface area (Å²) in [6, 6.07) is 16.3. The Morgan fingerprint density at radius 2 is 1.30 bits per heavy atom. The average molecular weight is 411 g/mol. The van der Waals surface area contributed by atoms with Crippen LogP contribution < -0.4 is 9.47 Å². The third kappa shape index (κ3) is 5.65. The molecule has 0 bridgehead atoms. The first-order valence-electron chi connectivity index (χ1n) is 11.3. The largest absolute Gasteiger partial charge is 0.491 e. The number of ether oxygens (including phenoxy) is 2. The van der Waals surface area contributed by atoms with Crippen molar-refractivity contribution >= 4 is 5.97 Å². The minimum Gasteiger partial charge on any atom is -0.491 e. The van der Waals surface area contributed by atoms with Gasteiger partial charge in [-0.2, -0.15) is 0 Å². The molecule has 3 nitrogen and oxygen atoms in total. The Labute approximate surface area is 182 Å². The van der Waals surface area contributed by atoms with Gasteiger partial charge in [0.05, 0.1) is 11.5 Å². The van der Waals surface area contributed by atoms with Crippen molar-refractivity contribution in [3.63, 3.8) is 0 Å². The topological polar surface area (TPSA) is 35.5 Å². The number of esters is 1. The minimum atomic E-state index is -0.434. The highest BCUT2D eigenvalue weighted by Crippen LogP contribution is 2.34. The molecule has 0 aliphatic carbocycles. The second kappa shape index (κ2) is 10.1. The summed E-state index contributed by atoms with van der Waals surface area (Å²) in [5.41, 5.74) is 1.78. The molecule has 0 fully saturated rings. The lowest BCUT2D eigenvalue weighted by atomic mass is 9.78. The predicted molar refractivity (Wildman–Crippen MR) is 124 cm³/mol. The number of benzene rings is 2. The highest BCUT2D eigenvalue weighted by molar-refractivity contribution is 5.78. The Bertz CT molecular complexity index is 799. The van der Waals surface area contributed by atoms with Gasteiger partial charge in [-0.3, -0.25) is 4.79 Å². The van der Waals surface area contributed by atoms with Crippen LogP contribution in [0.15, 0.2) is 48.5 Å². The summed E-state index contributed by atoms with van der Waals surface area (Å²) >= 11 is 0. The molecule has 0 aliphatic rings. The zero-order valence-electron chi connectivity index (χ0n) is 19.7. The maximum atomic E-state index is 12.5. The van der Waals surface area contributed by atoms with Crippen molar-refractivity contribution in [2.45, 2.75) is 85.7 Å². The minimum absolute atomic E-state index is 0.160. The normalized spacial score (nSPS) is 13.0. The van der Waals surface area contributed by atoms with E-state index in [2.05, 4.69) is 52.0 Å². The molecule has 0 heterocycles. The molecule has 0 aromatic heterocycles. The summed E-state index contributed by atoms with van der Waals surface area (Å²) in [4.78, 5) is 12.5. The van der Waals surface area contributed by atoms with Gasteiger partial charge in [0.15, 0.2) is 0 Å². The first kappa shape index (κ1) is 24.0. The molecule has 164 valence electrons. The van der Waals surface area contributed by atoms with Gasteiger partial charge in [-0.1, -0.05) is 65.3 Å². The van der Waals surface area contributed by atoms with Gasteiger partial charge in [-0.25, -0.2) is 0 Å². The molecule has 2 rings (SSSR count). The summed E-state index contributed by atoms with van der Waals surface area (Å²) < 4.78 is 11.6. The molecule has 0 radical (unpaired) electrons. The first-order chi connectivity index (χ1) is 14.2. The molecule has 0 saturated heterocycles. The van der Waals surface area contributed by atoms with Crippen LogP contribution in [0, 0.1) is 5.41 Å². The molecule has 1 unspecified atom stereocenters. The van der Waals surface area contributed by atoms with Crippen LogP contribution >= 0.6 is 0 Å². The van der Waals surface area contributed by atoms with E-state index in [1.807, 2.05) is 45.0 Å². The second-order valence-electron chi connectivity index (χ2n) is 9.05. The van der Waals surface area contributed by atoms with Gasteiger partial charge in [-0.05, 0) is 68.5 Å². The lowest BCUT2D eigenvalue weighted by Gasteiger charge is -2.27. The highest BCUT2D eigenvalue weighted by atomic mass is 16.5. The molecular formula is C27H38O3. The van der Waals surface area contributed by atoms with Crippen molar-refractivity contribution in [3.05, 3.63) is 59.7 Å². The van der Waals surface area contributed by atoms with E-state index in [4.69, 9.17) is 9.47 Å². The number of hydrogen-bond acceptors (Lipinski definition) is 3. The van der Waals surface area contributed by atoms with E-state index < -0.39 is 5.41 Å². The van der Waals surface area contributed by atoms with Crippen molar-refractivity contribution < 1.29 is 14.3 Å². The van der Waals surface area contributed by atoms with Crippen molar-refractivity contribution in [2.24, 2.45) is 5.41 Å². The molecule has 0 aliphatic heterocycles. The zero-order valence-corrected chi connectivity index (χ0v) is 19.7. The first-order valence-corrected chi connectivity index (χ1v) is 11.3. The van der Waals surface area contributed by atoms with Gasteiger partial charge in [0, 0.05) is 5.41 Å². The molecule has 0 saturated carbocycles. The average Bonchev–Trinajstić information content (AvgIpc) is 2.74. The number of carbonyl (C=O) groups excluding carboxylic acids is 1. The quantitative estimate of drug-likeness (QED) is 0.304. The number of hydrogen-bond donors (Lipinski definition) is 0. The Morgan fingerprint density at radius 1 is 0.833 bits per heavy atom. The Balaban J connectivity index is 2.12. The van der Waals surface area contributed by atoms with Crippen molar-refractivity contribution in [3.8, 4) is 11.5 Å². The number of rotatable bonds is 10. The summed E-state index contributed by atoms with van der Waals surface area (Å²) in [5.74, 6) is 1.35. The van der Waals surface area contributed by atoms with Gasteiger partial charge in [-0.15, -0.1) is 0 Å². The second-order valence-corrected chi connectivity index (χ2v) is 9.05. The van der Waals surface area contributed by atoms with E-state index in [1.165, 1.54) is 11.1 Å². The van der Waals surface area contributed by atoms with Gasteiger partial charge in [0.1, 0.15) is 11.5 Å². The standard InChI is InChI=1S/C27H38O3/c1-8-11-20(4)29-23-16-12-21(13-17-23)26(5,6)22-14-18-24(19-15-22)30-25(28)27(7,9-2)10-3/h12-20H,8-11H2,1-7H3. The van der Waals surface area contributed by atoms with Crippen LogP contribution in [0.1, 0.15) is 85.3 Å². The summed E-state index contributed by atoms with van der Waals surface area (Å²) in [6.07, 6.45) is 3.94. The lowest BCUT2D eigenvalue weighted by molar-refractivity contribution is -0.145. The lowest BCUT2D eigenvalue weighted by Crippen LogP contribution is -2.30. The van der Waals surface area contributed by atoms with Gasteiger partial charge in [0.2, 0.25) is 0 Å². The molecule has 30 heavy (non-hydrogen) atoms. The summed E-state index contributed by atoms with van der Waals surface area (Å²) in [7, 11) is 0. The third-order valence-electron chi connectivity index (χ3n) is 6.45. The summed E-state index contributed by atoms with van der Waals surface area (Å²) in [5, 5.41) is 0. The van der Waals surface area contributed by atoms with Crippen molar-refractivity contribution in [1.82, 2.24) is 0 Å². The van der Waals surface area contributed by atoms with Crippen LogP contribution in [-0.4, -0.2) is 12.1 Å². The van der Waals surface area contributed by atoms with Crippen LogP contribution in [0.5, 0.6) is 11.5 Å². The molecule has 0 N–H and O–H groups in total. The molecule has 1 atom stereocenters. The molecule has 0 amide bonds. The fourth-order valence-electron chi connectivity index (χ4n) is 3.52. The van der Waals surface area contributed by atoms with Crippen LogP contribution in [0.3, 0.4) is 0 Å². The van der Waals surface area contributed by atoms with E-state index in [9.17, 15) is 4.79 Å². The third-order valence-corrected chi connectivity index (χ3v) is 6.45. The fourth-order valence-corrected chi connectivity index (χ4v) is 3.52. The van der Waals surface area contributed by atoms with Crippen LogP contribution in [0.2, 0.25) is 0 Å². The maximum Gasteiger partial charge on any atom is 0.317 e. The molecule has 3 heteroatoms. The van der Waals surface area contributed by atoms with E-state index in [0.29, 0.717) is 5.75 Å². The predicted octanol–water partition coefficient (Wildman–Crippen LogP) is 7.31. The molecule has 2 aromatic carbocycles. The van der Waals surface area contributed by atoms with Gasteiger partial charge in [0.25, 0.3) is 0 Å².